The fourth-order valence-electron chi connectivity index (χ4n) is 1.95. The summed E-state index contributed by atoms with van der Waals surface area (Å²) >= 11 is 1.08. The van der Waals surface area contributed by atoms with Gasteiger partial charge in [-0.2, -0.15) is 13.2 Å². The molecule has 0 aliphatic carbocycles. The second-order valence-corrected chi connectivity index (χ2v) is 6.32. The lowest BCUT2D eigenvalue weighted by molar-refractivity contribution is -0.137. The van der Waals surface area contributed by atoms with Crippen molar-refractivity contribution in [3.8, 4) is 0 Å². The zero-order chi connectivity index (χ0) is 19.2. The van der Waals surface area contributed by atoms with E-state index in [1.165, 1.54) is 12.1 Å². The van der Waals surface area contributed by atoms with Gasteiger partial charge in [-0.1, -0.05) is 17.3 Å². The number of aromatic nitrogens is 1. The summed E-state index contributed by atoms with van der Waals surface area (Å²) in [5.41, 5.74) is -0.421. The number of carbonyl (C=O) groups is 2. The monoisotopic (exact) mass is 387 g/mol. The number of halogens is 3. The first-order chi connectivity index (χ1) is 12.2. The van der Waals surface area contributed by atoms with Crippen LogP contribution >= 0.6 is 11.8 Å². The maximum Gasteiger partial charge on any atom is 0.416 e. The highest BCUT2D eigenvalue weighted by Gasteiger charge is 2.30. The molecule has 2 N–H and O–H groups in total. The summed E-state index contributed by atoms with van der Waals surface area (Å²) in [6.45, 7) is 1.67. The van der Waals surface area contributed by atoms with Gasteiger partial charge in [-0.25, -0.2) is 0 Å². The number of benzene rings is 1. The summed E-state index contributed by atoms with van der Waals surface area (Å²) in [5.74, 6) is 0.170. The third-order valence-electron chi connectivity index (χ3n) is 3.11. The second kappa shape index (κ2) is 8.75. The van der Waals surface area contributed by atoms with Gasteiger partial charge in [0.2, 0.25) is 11.8 Å². The normalized spacial score (nSPS) is 11.2. The average Bonchev–Trinajstić information content (AvgIpc) is 2.97. The van der Waals surface area contributed by atoms with Crippen LogP contribution in [0.25, 0.3) is 0 Å². The van der Waals surface area contributed by atoms with Crippen LogP contribution < -0.4 is 10.6 Å². The van der Waals surface area contributed by atoms with Crippen LogP contribution in [0.4, 0.5) is 19.0 Å². The zero-order valence-corrected chi connectivity index (χ0v) is 14.5. The molecule has 26 heavy (non-hydrogen) atoms. The highest BCUT2D eigenvalue weighted by molar-refractivity contribution is 8.00. The summed E-state index contributed by atoms with van der Waals surface area (Å²) in [6, 6.07) is 6.30. The molecule has 1 aromatic carbocycles. The van der Waals surface area contributed by atoms with E-state index >= 15 is 0 Å². The Balaban J connectivity index is 1.70. The summed E-state index contributed by atoms with van der Waals surface area (Å²) in [5, 5.41) is 8.64. The van der Waals surface area contributed by atoms with E-state index in [9.17, 15) is 22.8 Å². The number of hydrogen-bond acceptors (Lipinski definition) is 5. The van der Waals surface area contributed by atoms with Crippen LogP contribution in [0.1, 0.15) is 16.9 Å². The molecule has 0 spiro atoms. The predicted octanol–water partition coefficient (Wildman–Crippen LogP) is 2.99. The molecule has 140 valence electrons. The molecule has 1 heterocycles. The Hall–Kier alpha value is -2.49. The molecule has 0 unspecified atom stereocenters. The Morgan fingerprint density at radius 1 is 1.19 bits per heavy atom. The third-order valence-corrected chi connectivity index (χ3v) is 4.04. The quantitative estimate of drug-likeness (QED) is 0.763. The van der Waals surface area contributed by atoms with Crippen LogP contribution in [0, 0.1) is 6.92 Å². The van der Waals surface area contributed by atoms with Crippen LogP contribution in [0.5, 0.6) is 0 Å². The molecule has 2 amide bonds. The first-order valence-corrected chi connectivity index (χ1v) is 8.63. The molecule has 2 rings (SSSR count). The van der Waals surface area contributed by atoms with Gasteiger partial charge in [0.05, 0.1) is 17.1 Å². The molecule has 2 aromatic rings. The molecular weight excluding hydrogens is 371 g/mol. The van der Waals surface area contributed by atoms with Gasteiger partial charge in [-0.3, -0.25) is 9.59 Å². The zero-order valence-electron chi connectivity index (χ0n) is 13.7. The lowest BCUT2D eigenvalue weighted by Gasteiger charge is -2.09. The van der Waals surface area contributed by atoms with Crippen molar-refractivity contribution in [2.24, 2.45) is 0 Å². The number of amides is 2. The molecule has 0 fully saturated rings. The molecule has 10 heteroatoms. The fraction of sp³-hybridized carbons (Fsp3) is 0.312. The van der Waals surface area contributed by atoms with Crippen LogP contribution in [0.3, 0.4) is 0 Å². The van der Waals surface area contributed by atoms with Crippen molar-refractivity contribution in [1.82, 2.24) is 10.5 Å². The molecular formula is C16H16F3N3O3S. The summed E-state index contributed by atoms with van der Waals surface area (Å²) < 4.78 is 42.7. The summed E-state index contributed by atoms with van der Waals surface area (Å²) in [7, 11) is 0. The van der Waals surface area contributed by atoms with E-state index in [0.29, 0.717) is 17.1 Å². The topological polar surface area (TPSA) is 84.2 Å². The molecule has 6 nitrogen and oxygen atoms in total. The van der Waals surface area contributed by atoms with Gasteiger partial charge >= 0.3 is 6.18 Å². The van der Waals surface area contributed by atoms with E-state index < -0.39 is 11.7 Å². The number of alkyl halides is 3. The van der Waals surface area contributed by atoms with Crippen molar-refractivity contribution in [3.63, 3.8) is 0 Å². The van der Waals surface area contributed by atoms with Crippen molar-refractivity contribution >= 4 is 29.4 Å². The number of nitrogens with one attached hydrogen (secondary N) is 2. The van der Waals surface area contributed by atoms with Gasteiger partial charge in [0, 0.05) is 12.6 Å². The standard InChI is InChI=1S/C16H16F3N3O3S/c1-10-5-13(22-25-10)21-15(24)9-26-8-14(23)20-7-11-3-2-4-12(6-11)16(17,18)19/h2-6H,7-9H2,1H3,(H,20,23)(H,21,22,24). The maximum atomic E-state index is 12.6. The minimum absolute atomic E-state index is 0.00419. The molecule has 0 aliphatic rings. The highest BCUT2D eigenvalue weighted by atomic mass is 32.2. The SMILES string of the molecule is Cc1cc(NC(=O)CSCC(=O)NCc2cccc(C(F)(F)F)c2)no1. The number of aryl methyl sites for hydroxylation is 1. The number of thioether (sulfide) groups is 1. The van der Waals surface area contributed by atoms with Gasteiger partial charge in [0.25, 0.3) is 0 Å². The first kappa shape index (κ1) is 19.8. The minimum atomic E-state index is -4.42. The van der Waals surface area contributed by atoms with Crippen LogP contribution in [-0.4, -0.2) is 28.5 Å². The van der Waals surface area contributed by atoms with Crippen molar-refractivity contribution in [2.45, 2.75) is 19.6 Å². The van der Waals surface area contributed by atoms with Gasteiger partial charge < -0.3 is 15.2 Å². The van der Waals surface area contributed by atoms with E-state index in [4.69, 9.17) is 4.52 Å². The van der Waals surface area contributed by atoms with E-state index in [1.54, 1.807) is 13.0 Å². The Bertz CT molecular complexity index is 777. The van der Waals surface area contributed by atoms with Crippen LogP contribution in [-0.2, 0) is 22.3 Å². The lowest BCUT2D eigenvalue weighted by Crippen LogP contribution is -2.25. The van der Waals surface area contributed by atoms with Crippen LogP contribution in [0.15, 0.2) is 34.9 Å². The average molecular weight is 387 g/mol. The maximum absolute atomic E-state index is 12.6. The van der Waals surface area contributed by atoms with Crippen molar-refractivity contribution < 1.29 is 27.3 Å². The van der Waals surface area contributed by atoms with E-state index in [0.717, 1.165) is 23.9 Å². The van der Waals surface area contributed by atoms with Crippen LogP contribution in [0.2, 0.25) is 0 Å². The third kappa shape index (κ3) is 6.43. The predicted molar refractivity (Wildman–Crippen MR) is 90.5 cm³/mol. The van der Waals surface area contributed by atoms with Crippen molar-refractivity contribution in [2.75, 3.05) is 16.8 Å². The Kier molecular flexibility index (Phi) is 6.67. The highest BCUT2D eigenvalue weighted by Crippen LogP contribution is 2.29. The fourth-order valence-corrected chi connectivity index (χ4v) is 2.60. The number of nitrogens with zero attached hydrogens (tertiary/aromatic N) is 1. The number of rotatable bonds is 7. The van der Waals surface area contributed by atoms with E-state index in [2.05, 4.69) is 15.8 Å². The molecule has 0 radical (unpaired) electrons. The van der Waals surface area contributed by atoms with E-state index in [1.807, 2.05) is 0 Å². The summed E-state index contributed by atoms with van der Waals surface area (Å²) in [6.07, 6.45) is -4.42. The largest absolute Gasteiger partial charge is 0.416 e. The molecule has 0 aliphatic heterocycles. The molecule has 0 saturated heterocycles. The van der Waals surface area contributed by atoms with E-state index in [-0.39, 0.29) is 29.9 Å². The lowest BCUT2D eigenvalue weighted by atomic mass is 10.1. The molecule has 0 atom stereocenters. The first-order valence-electron chi connectivity index (χ1n) is 7.48. The second-order valence-electron chi connectivity index (χ2n) is 5.34. The Morgan fingerprint density at radius 2 is 1.92 bits per heavy atom. The van der Waals surface area contributed by atoms with Gasteiger partial charge in [-0.05, 0) is 24.6 Å². The van der Waals surface area contributed by atoms with Gasteiger partial charge in [-0.15, -0.1) is 11.8 Å². The van der Waals surface area contributed by atoms with Gasteiger partial charge in [0.15, 0.2) is 5.82 Å². The number of carbonyl (C=O) groups excluding carboxylic acids is 2. The summed E-state index contributed by atoms with van der Waals surface area (Å²) in [4.78, 5) is 23.4. The van der Waals surface area contributed by atoms with Crippen molar-refractivity contribution in [1.29, 1.82) is 0 Å². The number of hydrogen-bond donors (Lipinski definition) is 2. The van der Waals surface area contributed by atoms with Crippen molar-refractivity contribution in [3.05, 3.63) is 47.2 Å². The molecule has 1 aromatic heterocycles. The minimum Gasteiger partial charge on any atom is -0.360 e. The number of anilines is 1. The Labute approximate surface area is 151 Å². The Morgan fingerprint density at radius 3 is 2.58 bits per heavy atom. The van der Waals surface area contributed by atoms with Gasteiger partial charge in [0.1, 0.15) is 5.76 Å². The molecule has 0 saturated carbocycles. The smallest absolute Gasteiger partial charge is 0.360 e. The molecule has 0 bridgehead atoms.